The number of thiazole rings is 1. The Morgan fingerprint density at radius 1 is 1.21 bits per heavy atom. The summed E-state index contributed by atoms with van der Waals surface area (Å²) in [4.78, 5) is 34.5. The lowest BCUT2D eigenvalue weighted by Crippen LogP contribution is -2.38. The number of para-hydroxylation sites is 1. The number of anilines is 2. The number of fused-ring (bicyclic) bond motifs is 3. The predicted octanol–water partition coefficient (Wildman–Crippen LogP) is 2.30. The van der Waals surface area contributed by atoms with Gasteiger partial charge in [-0.05, 0) is 24.5 Å². The summed E-state index contributed by atoms with van der Waals surface area (Å²) in [6, 6.07) is 8.41. The van der Waals surface area contributed by atoms with E-state index in [4.69, 9.17) is 10.5 Å². The van der Waals surface area contributed by atoms with Crippen LogP contribution in [-0.4, -0.2) is 49.1 Å². The van der Waals surface area contributed by atoms with E-state index in [1.807, 2.05) is 23.1 Å². The van der Waals surface area contributed by atoms with Crippen molar-refractivity contribution in [3.05, 3.63) is 40.4 Å². The molecule has 2 fully saturated rings. The minimum absolute atomic E-state index is 0.00632. The zero-order valence-corrected chi connectivity index (χ0v) is 17.0. The fourth-order valence-electron chi connectivity index (χ4n) is 4.90. The molecule has 2 aromatic rings. The van der Waals surface area contributed by atoms with E-state index >= 15 is 0 Å². The Morgan fingerprint density at radius 3 is 2.79 bits per heavy atom. The van der Waals surface area contributed by atoms with Crippen LogP contribution >= 0.6 is 11.3 Å². The normalized spacial score (nSPS) is 23.2. The highest BCUT2D eigenvalue weighted by Gasteiger charge is 2.44. The monoisotopic (exact) mass is 412 g/mol. The van der Waals surface area contributed by atoms with Crippen LogP contribution < -0.4 is 15.5 Å². The number of rotatable bonds is 4. The van der Waals surface area contributed by atoms with Gasteiger partial charge in [-0.15, -0.1) is 0 Å². The van der Waals surface area contributed by atoms with Crippen molar-refractivity contribution in [1.82, 2.24) is 4.98 Å². The molecular weight excluding hydrogens is 388 g/mol. The van der Waals surface area contributed by atoms with Crippen LogP contribution in [0.25, 0.3) is 0 Å². The van der Waals surface area contributed by atoms with Gasteiger partial charge in [-0.3, -0.25) is 9.59 Å². The second kappa shape index (κ2) is 7.42. The molecule has 3 aliphatic rings. The molecule has 2 amide bonds. The van der Waals surface area contributed by atoms with Gasteiger partial charge in [-0.2, -0.15) is 0 Å². The highest BCUT2D eigenvalue weighted by atomic mass is 32.1. The van der Waals surface area contributed by atoms with Gasteiger partial charge in [0.25, 0.3) is 5.91 Å². The average Bonchev–Trinajstić information content (AvgIpc) is 3.42. The molecule has 2 atom stereocenters. The Morgan fingerprint density at radius 2 is 2.00 bits per heavy atom. The zero-order valence-electron chi connectivity index (χ0n) is 16.2. The topological polar surface area (TPSA) is 88.8 Å². The molecule has 152 valence electrons. The van der Waals surface area contributed by atoms with E-state index in [2.05, 4.69) is 16.0 Å². The SMILES string of the molecule is NC(=O)c1sc(N2CCOCC2)nc1CC(=O)N1c2ccccc2C2CCCC21. The molecular formula is C21H24N4O3S. The van der Waals surface area contributed by atoms with Gasteiger partial charge in [-0.1, -0.05) is 36.0 Å². The first-order chi connectivity index (χ1) is 14.1. The highest BCUT2D eigenvalue weighted by molar-refractivity contribution is 7.17. The lowest BCUT2D eigenvalue weighted by atomic mass is 9.98. The summed E-state index contributed by atoms with van der Waals surface area (Å²) in [5, 5.41) is 0.741. The van der Waals surface area contributed by atoms with Crippen molar-refractivity contribution in [1.29, 1.82) is 0 Å². The molecule has 1 saturated carbocycles. The molecule has 5 rings (SSSR count). The van der Waals surface area contributed by atoms with Gasteiger partial charge >= 0.3 is 0 Å². The molecule has 1 aliphatic carbocycles. The summed E-state index contributed by atoms with van der Waals surface area (Å²) < 4.78 is 5.39. The number of carbonyl (C=O) groups excluding carboxylic acids is 2. The van der Waals surface area contributed by atoms with E-state index in [0.29, 0.717) is 29.7 Å². The zero-order chi connectivity index (χ0) is 20.0. The number of hydrogen-bond acceptors (Lipinski definition) is 6. The van der Waals surface area contributed by atoms with E-state index in [9.17, 15) is 9.59 Å². The van der Waals surface area contributed by atoms with Crippen molar-refractivity contribution in [2.75, 3.05) is 36.1 Å². The van der Waals surface area contributed by atoms with Gasteiger partial charge in [0.2, 0.25) is 5.91 Å². The third-order valence-corrected chi connectivity index (χ3v) is 7.36. The molecule has 0 bridgehead atoms. The number of aromatic nitrogens is 1. The van der Waals surface area contributed by atoms with Gasteiger partial charge in [-0.25, -0.2) is 4.98 Å². The Kier molecular flexibility index (Phi) is 4.75. The maximum atomic E-state index is 13.4. The summed E-state index contributed by atoms with van der Waals surface area (Å²) in [6.45, 7) is 2.71. The van der Waals surface area contributed by atoms with Crippen LogP contribution in [0.4, 0.5) is 10.8 Å². The van der Waals surface area contributed by atoms with Crippen molar-refractivity contribution < 1.29 is 14.3 Å². The third kappa shape index (κ3) is 3.20. The van der Waals surface area contributed by atoms with Crippen molar-refractivity contribution in [2.24, 2.45) is 5.73 Å². The quantitative estimate of drug-likeness (QED) is 0.832. The smallest absolute Gasteiger partial charge is 0.260 e. The second-order valence-corrected chi connectivity index (χ2v) is 8.82. The molecule has 3 heterocycles. The summed E-state index contributed by atoms with van der Waals surface area (Å²) in [6.07, 6.45) is 3.37. The largest absolute Gasteiger partial charge is 0.378 e. The molecule has 0 radical (unpaired) electrons. The second-order valence-electron chi connectivity index (χ2n) is 7.84. The maximum absolute atomic E-state index is 13.4. The lowest BCUT2D eigenvalue weighted by molar-refractivity contribution is -0.118. The van der Waals surface area contributed by atoms with E-state index in [-0.39, 0.29) is 18.4 Å². The van der Waals surface area contributed by atoms with Crippen molar-refractivity contribution in [3.63, 3.8) is 0 Å². The molecule has 8 heteroatoms. The number of amides is 2. The molecule has 7 nitrogen and oxygen atoms in total. The van der Waals surface area contributed by atoms with Gasteiger partial charge in [0.1, 0.15) is 4.88 Å². The molecule has 2 N–H and O–H groups in total. The van der Waals surface area contributed by atoms with Crippen LogP contribution in [-0.2, 0) is 16.0 Å². The van der Waals surface area contributed by atoms with Crippen molar-refractivity contribution >= 4 is 34.0 Å². The highest BCUT2D eigenvalue weighted by Crippen LogP contribution is 2.49. The van der Waals surface area contributed by atoms with Gasteiger partial charge in [0, 0.05) is 30.7 Å². The summed E-state index contributed by atoms with van der Waals surface area (Å²) in [7, 11) is 0. The number of nitrogens with zero attached hydrogens (tertiary/aromatic N) is 3. The first-order valence-corrected chi connectivity index (χ1v) is 11.0. The van der Waals surface area contributed by atoms with E-state index in [0.717, 1.165) is 43.2 Å². The summed E-state index contributed by atoms with van der Waals surface area (Å²) in [5.74, 6) is -0.108. The van der Waals surface area contributed by atoms with Gasteiger partial charge in [0.05, 0.1) is 25.3 Å². The fraction of sp³-hybridized carbons (Fsp3) is 0.476. The molecule has 1 aromatic heterocycles. The van der Waals surface area contributed by atoms with Crippen LogP contribution in [0.15, 0.2) is 24.3 Å². The Hall–Kier alpha value is -2.45. The summed E-state index contributed by atoms with van der Waals surface area (Å²) in [5.41, 5.74) is 8.39. The number of nitrogens with two attached hydrogens (primary N) is 1. The molecule has 1 saturated heterocycles. The molecule has 0 spiro atoms. The first kappa shape index (κ1) is 18.6. The maximum Gasteiger partial charge on any atom is 0.260 e. The molecule has 2 aliphatic heterocycles. The predicted molar refractivity (Wildman–Crippen MR) is 112 cm³/mol. The van der Waals surface area contributed by atoms with Crippen molar-refractivity contribution in [2.45, 2.75) is 37.6 Å². The average molecular weight is 413 g/mol. The number of benzene rings is 1. The van der Waals surface area contributed by atoms with E-state index < -0.39 is 5.91 Å². The third-order valence-electron chi connectivity index (χ3n) is 6.19. The molecule has 1 aromatic carbocycles. The van der Waals surface area contributed by atoms with E-state index in [1.54, 1.807) is 0 Å². The van der Waals surface area contributed by atoms with Crippen LogP contribution in [0, 0.1) is 0 Å². The minimum Gasteiger partial charge on any atom is -0.378 e. The number of carbonyl (C=O) groups is 2. The standard InChI is InChI=1S/C21H24N4O3S/c22-20(27)19-15(23-21(29-19)24-8-10-28-11-9-24)12-18(26)25-16-6-2-1-4-13(16)14-5-3-7-17(14)25/h1-2,4,6,14,17H,3,5,7-12H2,(H2,22,27). The Bertz CT molecular complexity index is 953. The Labute approximate surface area is 173 Å². The van der Waals surface area contributed by atoms with Crippen LogP contribution in [0.3, 0.4) is 0 Å². The number of morpholine rings is 1. The van der Waals surface area contributed by atoms with Crippen LogP contribution in [0.2, 0.25) is 0 Å². The van der Waals surface area contributed by atoms with Gasteiger partial charge < -0.3 is 20.3 Å². The van der Waals surface area contributed by atoms with Crippen molar-refractivity contribution in [3.8, 4) is 0 Å². The number of hydrogen-bond donors (Lipinski definition) is 1. The summed E-state index contributed by atoms with van der Waals surface area (Å²) >= 11 is 1.28. The molecule has 2 unspecified atom stereocenters. The minimum atomic E-state index is -0.523. The van der Waals surface area contributed by atoms with Crippen LogP contribution in [0.1, 0.15) is 46.1 Å². The lowest BCUT2D eigenvalue weighted by Gasteiger charge is -2.26. The van der Waals surface area contributed by atoms with E-state index in [1.165, 1.54) is 16.9 Å². The number of primary amides is 1. The number of ether oxygens (including phenoxy) is 1. The fourth-order valence-corrected chi connectivity index (χ4v) is 5.89. The first-order valence-electron chi connectivity index (χ1n) is 10.2. The Balaban J connectivity index is 1.43. The van der Waals surface area contributed by atoms with Gasteiger partial charge in [0.15, 0.2) is 5.13 Å². The molecule has 29 heavy (non-hydrogen) atoms. The van der Waals surface area contributed by atoms with Crippen LogP contribution in [0.5, 0.6) is 0 Å².